The molecule has 4 saturated heterocycles. The number of hydrogen-bond acceptors (Lipinski definition) is 9. The highest BCUT2D eigenvalue weighted by Crippen LogP contribution is 2.60. The van der Waals surface area contributed by atoms with Gasteiger partial charge in [-0.15, -0.1) is 13.2 Å². The number of carbonyl (C=O) groups excluding carboxylic acids is 4. The third-order valence-corrected chi connectivity index (χ3v) is 12.0. The van der Waals surface area contributed by atoms with E-state index >= 15 is 9.59 Å². The second-order valence-corrected chi connectivity index (χ2v) is 15.6. The number of carbonyl (C=O) groups is 4. The molecule has 2 aromatic carbocycles. The number of esters is 1. The van der Waals surface area contributed by atoms with Crippen molar-refractivity contribution in [2.45, 2.75) is 60.3 Å². The largest absolute Gasteiger partial charge is 0.463 e. The molecule has 0 aromatic heterocycles. The van der Waals surface area contributed by atoms with Crippen LogP contribution < -0.4 is 5.32 Å². The van der Waals surface area contributed by atoms with Gasteiger partial charge in [0, 0.05) is 44.0 Å². The van der Waals surface area contributed by atoms with E-state index in [1.165, 1.54) is 4.90 Å². The number of amides is 3. The monoisotopic (exact) mass is 806 g/mol. The number of rotatable bonds is 18. The molecule has 4 fully saturated rings. The summed E-state index contributed by atoms with van der Waals surface area (Å²) in [7, 11) is 0. The molecule has 54 heavy (non-hydrogen) atoms. The van der Waals surface area contributed by atoms with Gasteiger partial charge >= 0.3 is 5.97 Å². The number of aliphatic hydroxyl groups is 1. The molecule has 1 spiro atoms. The van der Waals surface area contributed by atoms with Crippen LogP contribution in [0, 0.1) is 11.8 Å². The number of likely N-dealkylation sites (tertiary alicyclic amines) is 1. The van der Waals surface area contributed by atoms with Gasteiger partial charge in [0.25, 0.3) is 0 Å². The molecule has 2 aromatic rings. The molecule has 0 radical (unpaired) electrons. The first kappa shape index (κ1) is 39.8. The number of alkyl halides is 1. The Morgan fingerprint density at radius 2 is 1.78 bits per heavy atom. The number of morpholine rings is 1. The lowest BCUT2D eigenvalue weighted by Crippen LogP contribution is -2.60. The minimum absolute atomic E-state index is 0.109. The number of nitrogens with one attached hydrogen (secondary N) is 1. The van der Waals surface area contributed by atoms with Gasteiger partial charge in [-0.1, -0.05) is 88.7 Å². The van der Waals surface area contributed by atoms with E-state index in [-0.39, 0.29) is 30.3 Å². The second kappa shape index (κ2) is 18.2. The highest BCUT2D eigenvalue weighted by Gasteiger charge is 2.77. The van der Waals surface area contributed by atoms with Crippen molar-refractivity contribution in [2.24, 2.45) is 11.8 Å². The SMILES string of the molecule is C=CCCC(=O)OC[C@H](NC(=O)[C@H]1[C@@H]2O[C@@]3(CC2Br)[C@@H]1C(=O)N([C@@H](CO)Cc1ccccc1)[C@@H]3C(=O)N(CC=C)CCN1CCOCC1)c1ccccc1. The minimum atomic E-state index is -1.34. The predicted octanol–water partition coefficient (Wildman–Crippen LogP) is 3.05. The van der Waals surface area contributed by atoms with Gasteiger partial charge in [0.2, 0.25) is 17.7 Å². The molecule has 2 N–H and O–H groups in total. The highest BCUT2D eigenvalue weighted by molar-refractivity contribution is 9.09. The van der Waals surface area contributed by atoms with E-state index < -0.39 is 66.1 Å². The zero-order valence-electron chi connectivity index (χ0n) is 30.6. The van der Waals surface area contributed by atoms with Crippen molar-refractivity contribution in [3.63, 3.8) is 0 Å². The zero-order valence-corrected chi connectivity index (χ0v) is 32.2. The van der Waals surface area contributed by atoms with Crippen LogP contribution in [0.5, 0.6) is 0 Å². The van der Waals surface area contributed by atoms with Crippen molar-refractivity contribution >= 4 is 39.6 Å². The predicted molar refractivity (Wildman–Crippen MR) is 205 cm³/mol. The molecule has 1 unspecified atom stereocenters. The number of ether oxygens (including phenoxy) is 3. The Morgan fingerprint density at radius 1 is 1.07 bits per heavy atom. The van der Waals surface area contributed by atoms with E-state index in [0.717, 1.165) is 24.2 Å². The molecular weight excluding hydrogens is 756 g/mol. The smallest absolute Gasteiger partial charge is 0.306 e. The van der Waals surface area contributed by atoms with Crippen molar-refractivity contribution in [3.8, 4) is 0 Å². The van der Waals surface area contributed by atoms with Crippen LogP contribution in [0.25, 0.3) is 0 Å². The number of hydrogen-bond donors (Lipinski definition) is 2. The zero-order chi connectivity index (χ0) is 38.2. The van der Waals surface area contributed by atoms with E-state index in [9.17, 15) is 14.7 Å². The van der Waals surface area contributed by atoms with Crippen molar-refractivity contribution < 1.29 is 38.5 Å². The lowest BCUT2D eigenvalue weighted by Gasteiger charge is -2.40. The normalized spacial score (nSPS) is 27.2. The van der Waals surface area contributed by atoms with Crippen LogP contribution in [0.15, 0.2) is 86.0 Å². The Kier molecular flexibility index (Phi) is 13.4. The fourth-order valence-corrected chi connectivity index (χ4v) is 9.47. The minimum Gasteiger partial charge on any atom is -0.463 e. The van der Waals surface area contributed by atoms with E-state index in [1.54, 1.807) is 17.1 Å². The Bertz CT molecular complexity index is 1640. The summed E-state index contributed by atoms with van der Waals surface area (Å²) in [6, 6.07) is 16.2. The Morgan fingerprint density at radius 3 is 2.44 bits per heavy atom. The van der Waals surface area contributed by atoms with Crippen LogP contribution >= 0.6 is 15.9 Å². The summed E-state index contributed by atoms with van der Waals surface area (Å²) in [6.45, 7) is 11.1. The topological polar surface area (TPSA) is 138 Å². The fraction of sp³-hybridized carbons (Fsp3) is 0.512. The number of nitrogens with zero attached hydrogens (tertiary/aromatic N) is 3. The third-order valence-electron chi connectivity index (χ3n) is 11.1. The molecule has 4 heterocycles. The summed E-state index contributed by atoms with van der Waals surface area (Å²) < 4.78 is 17.9. The molecule has 4 aliphatic rings. The lowest BCUT2D eigenvalue weighted by atomic mass is 9.70. The first-order chi connectivity index (χ1) is 26.2. The maximum absolute atomic E-state index is 15.0. The molecule has 6 rings (SSSR count). The maximum atomic E-state index is 15.0. The van der Waals surface area contributed by atoms with E-state index in [2.05, 4.69) is 39.3 Å². The van der Waals surface area contributed by atoms with Crippen LogP contribution in [-0.4, -0.2) is 131 Å². The Balaban J connectivity index is 1.33. The van der Waals surface area contributed by atoms with Crippen LogP contribution in [-0.2, 0) is 39.8 Å². The summed E-state index contributed by atoms with van der Waals surface area (Å²) in [6.07, 6.45) is 3.86. The first-order valence-electron chi connectivity index (χ1n) is 18.8. The van der Waals surface area contributed by atoms with Crippen molar-refractivity contribution in [3.05, 3.63) is 97.1 Å². The van der Waals surface area contributed by atoms with Gasteiger partial charge in [0.1, 0.15) is 18.2 Å². The lowest BCUT2D eigenvalue weighted by molar-refractivity contribution is -0.151. The van der Waals surface area contributed by atoms with Crippen molar-refractivity contribution in [1.29, 1.82) is 0 Å². The van der Waals surface area contributed by atoms with Crippen molar-refractivity contribution in [1.82, 2.24) is 20.0 Å². The van der Waals surface area contributed by atoms with Gasteiger partial charge in [-0.05, 0) is 30.4 Å². The maximum Gasteiger partial charge on any atom is 0.306 e. The molecule has 12 nitrogen and oxygen atoms in total. The molecule has 8 atom stereocenters. The average molecular weight is 808 g/mol. The molecule has 0 saturated carbocycles. The summed E-state index contributed by atoms with van der Waals surface area (Å²) in [5, 5.41) is 14.0. The molecule has 3 amide bonds. The van der Waals surface area contributed by atoms with Crippen molar-refractivity contribution in [2.75, 3.05) is 59.2 Å². The van der Waals surface area contributed by atoms with Crippen LogP contribution in [0.4, 0.5) is 0 Å². The molecule has 290 valence electrons. The van der Waals surface area contributed by atoms with Gasteiger partial charge in [0.15, 0.2) is 0 Å². The average Bonchev–Trinajstić information content (AvgIpc) is 3.80. The second-order valence-electron chi connectivity index (χ2n) is 14.4. The van der Waals surface area contributed by atoms with Crippen LogP contribution in [0.3, 0.4) is 0 Å². The quantitative estimate of drug-likeness (QED) is 0.132. The molecule has 0 aliphatic carbocycles. The third kappa shape index (κ3) is 8.35. The number of fused-ring (bicyclic) bond motifs is 1. The summed E-state index contributed by atoms with van der Waals surface area (Å²) in [4.78, 5) is 62.2. The van der Waals surface area contributed by atoms with E-state index in [4.69, 9.17) is 14.2 Å². The standard InChI is InChI=1S/C41H51BrN4O8/c1-3-5-16-33(48)53-27-32(29-14-10-7-11-15-29)43-38(49)34-35-39(50)46(30(26-47)24-28-12-8-6-9-13-28)37(41(35)25-31(42)36(34)54-41)40(51)45(17-4-2)19-18-44-20-22-52-23-21-44/h3-4,6-15,30-32,34-37,47H,1-2,5,16-27H2,(H,43,49)/t30-,31?,32+,34-,35+,36-,37-,41+/m1/s1. The van der Waals surface area contributed by atoms with E-state index in [1.807, 2.05) is 60.7 Å². The first-order valence-corrected chi connectivity index (χ1v) is 19.7. The summed E-state index contributed by atoms with van der Waals surface area (Å²) in [5.41, 5.74) is 0.288. The number of halogens is 1. The molecular formula is C41H51BrN4O8. The van der Waals surface area contributed by atoms with E-state index in [0.29, 0.717) is 45.6 Å². The number of benzene rings is 2. The number of aliphatic hydroxyl groups excluding tert-OH is 1. The van der Waals surface area contributed by atoms with Gasteiger partial charge in [-0.3, -0.25) is 24.1 Å². The van der Waals surface area contributed by atoms with Gasteiger partial charge in [-0.2, -0.15) is 0 Å². The number of allylic oxidation sites excluding steroid dienone is 1. The molecule has 4 aliphatic heterocycles. The van der Waals surface area contributed by atoms with Gasteiger partial charge in [-0.25, -0.2) is 0 Å². The molecule has 13 heteroatoms. The summed E-state index contributed by atoms with van der Waals surface area (Å²) >= 11 is 3.77. The Labute approximate surface area is 325 Å². The van der Waals surface area contributed by atoms with Crippen LogP contribution in [0.1, 0.15) is 36.4 Å². The Hall–Kier alpha value is -3.88. The fourth-order valence-electron chi connectivity index (χ4n) is 8.53. The van der Waals surface area contributed by atoms with Crippen LogP contribution in [0.2, 0.25) is 0 Å². The van der Waals surface area contributed by atoms with Gasteiger partial charge < -0.3 is 34.4 Å². The summed E-state index contributed by atoms with van der Waals surface area (Å²) in [5.74, 6) is -3.51. The molecule has 2 bridgehead atoms. The highest BCUT2D eigenvalue weighted by atomic mass is 79.9. The van der Waals surface area contributed by atoms with Gasteiger partial charge in [0.05, 0.1) is 49.8 Å².